The van der Waals surface area contributed by atoms with Crippen molar-refractivity contribution in [2.45, 2.75) is 19.8 Å². The lowest BCUT2D eigenvalue weighted by Crippen LogP contribution is -2.30. The third kappa shape index (κ3) is 4.34. The second-order valence-electron chi connectivity index (χ2n) is 4.86. The fourth-order valence-corrected chi connectivity index (χ4v) is 2.04. The molecule has 0 atom stereocenters. The van der Waals surface area contributed by atoms with Gasteiger partial charge in [0, 0.05) is 19.4 Å². The molecule has 1 aromatic heterocycles. The van der Waals surface area contributed by atoms with E-state index in [1.165, 1.54) is 5.56 Å². The van der Waals surface area contributed by atoms with E-state index in [2.05, 4.69) is 29.4 Å². The number of aryl methyl sites for hydroxylation is 2. The van der Waals surface area contributed by atoms with Crippen molar-refractivity contribution in [3.8, 4) is 5.75 Å². The van der Waals surface area contributed by atoms with Crippen molar-refractivity contribution in [1.82, 2.24) is 14.9 Å². The normalized spacial score (nSPS) is 10.4. The van der Waals surface area contributed by atoms with Gasteiger partial charge in [-0.3, -0.25) is 4.79 Å². The number of nitrogens with one attached hydrogen (secondary N) is 1. The maximum atomic E-state index is 11.8. The molecule has 1 aromatic carbocycles. The number of hydrogen-bond donors (Lipinski definition) is 1. The molecule has 0 saturated heterocycles. The summed E-state index contributed by atoms with van der Waals surface area (Å²) in [6.07, 6.45) is 5.56. The zero-order chi connectivity index (χ0) is 15.1. The largest absolute Gasteiger partial charge is 0.492 e. The van der Waals surface area contributed by atoms with Crippen LogP contribution in [0.5, 0.6) is 5.75 Å². The van der Waals surface area contributed by atoms with Gasteiger partial charge in [0.1, 0.15) is 12.4 Å². The average Bonchev–Trinajstić information content (AvgIpc) is 2.92. The summed E-state index contributed by atoms with van der Waals surface area (Å²) in [5.74, 6) is 1.03. The fourth-order valence-electron chi connectivity index (χ4n) is 2.04. The van der Waals surface area contributed by atoms with Crippen LogP contribution < -0.4 is 10.1 Å². The Balaban J connectivity index is 1.72. The van der Waals surface area contributed by atoms with Crippen LogP contribution in [0.2, 0.25) is 0 Å². The van der Waals surface area contributed by atoms with Crippen molar-refractivity contribution in [1.29, 1.82) is 0 Å². The molecule has 0 spiro atoms. The van der Waals surface area contributed by atoms with Gasteiger partial charge in [0.25, 0.3) is 5.91 Å². The standard InChI is InChI=1S/C16H21N3O2/c1-3-4-13-5-7-14(8-6-13)21-12-10-18-16(20)15-17-9-11-19(15)2/h5-9,11H,3-4,10,12H2,1-2H3,(H,18,20). The van der Waals surface area contributed by atoms with Crippen LogP contribution in [-0.4, -0.2) is 28.6 Å². The van der Waals surface area contributed by atoms with Gasteiger partial charge in [0.05, 0.1) is 6.54 Å². The number of carbonyl (C=O) groups excluding carboxylic acids is 1. The SMILES string of the molecule is CCCc1ccc(OCCNC(=O)c2nccn2C)cc1. The topological polar surface area (TPSA) is 56.1 Å². The number of hydrogen-bond acceptors (Lipinski definition) is 3. The summed E-state index contributed by atoms with van der Waals surface area (Å²) < 4.78 is 7.28. The van der Waals surface area contributed by atoms with E-state index in [4.69, 9.17) is 4.74 Å². The molecule has 0 bridgehead atoms. The summed E-state index contributed by atoms with van der Waals surface area (Å²) in [6.45, 7) is 3.04. The summed E-state index contributed by atoms with van der Waals surface area (Å²) in [6, 6.07) is 8.08. The zero-order valence-corrected chi connectivity index (χ0v) is 12.5. The smallest absolute Gasteiger partial charge is 0.287 e. The summed E-state index contributed by atoms with van der Waals surface area (Å²) in [7, 11) is 1.79. The van der Waals surface area contributed by atoms with Gasteiger partial charge < -0.3 is 14.6 Å². The number of benzene rings is 1. The number of ether oxygens (including phenoxy) is 1. The van der Waals surface area contributed by atoms with Crippen LogP contribution in [0.25, 0.3) is 0 Å². The number of carbonyl (C=O) groups is 1. The summed E-state index contributed by atoms with van der Waals surface area (Å²) >= 11 is 0. The maximum Gasteiger partial charge on any atom is 0.287 e. The molecule has 0 aliphatic heterocycles. The maximum absolute atomic E-state index is 11.8. The van der Waals surface area contributed by atoms with Gasteiger partial charge in [-0.2, -0.15) is 0 Å². The summed E-state index contributed by atoms with van der Waals surface area (Å²) in [5.41, 5.74) is 1.31. The van der Waals surface area contributed by atoms with E-state index in [-0.39, 0.29) is 5.91 Å². The lowest BCUT2D eigenvalue weighted by Gasteiger charge is -2.08. The molecule has 112 valence electrons. The predicted molar refractivity (Wildman–Crippen MR) is 81.5 cm³/mol. The van der Waals surface area contributed by atoms with Crippen LogP contribution in [0.1, 0.15) is 29.5 Å². The molecular formula is C16H21N3O2. The highest BCUT2D eigenvalue weighted by Gasteiger charge is 2.09. The highest BCUT2D eigenvalue weighted by atomic mass is 16.5. The lowest BCUT2D eigenvalue weighted by molar-refractivity contribution is 0.0933. The second-order valence-corrected chi connectivity index (χ2v) is 4.86. The lowest BCUT2D eigenvalue weighted by atomic mass is 10.1. The Morgan fingerprint density at radius 2 is 2.10 bits per heavy atom. The minimum atomic E-state index is -0.190. The predicted octanol–water partition coefficient (Wildman–Crippen LogP) is 2.18. The van der Waals surface area contributed by atoms with Gasteiger partial charge in [-0.25, -0.2) is 4.98 Å². The number of amides is 1. The van der Waals surface area contributed by atoms with Gasteiger partial charge in [-0.05, 0) is 24.1 Å². The molecule has 0 saturated carbocycles. The van der Waals surface area contributed by atoms with E-state index < -0.39 is 0 Å². The minimum Gasteiger partial charge on any atom is -0.492 e. The third-order valence-electron chi connectivity index (χ3n) is 3.14. The number of aromatic nitrogens is 2. The Kier molecular flexibility index (Phi) is 5.37. The minimum absolute atomic E-state index is 0.190. The van der Waals surface area contributed by atoms with Crippen molar-refractivity contribution in [3.05, 3.63) is 48.0 Å². The Morgan fingerprint density at radius 3 is 2.71 bits per heavy atom. The van der Waals surface area contributed by atoms with Gasteiger partial charge in [-0.15, -0.1) is 0 Å². The van der Waals surface area contributed by atoms with E-state index in [9.17, 15) is 4.79 Å². The van der Waals surface area contributed by atoms with E-state index in [0.29, 0.717) is 19.0 Å². The van der Waals surface area contributed by atoms with E-state index in [1.54, 1.807) is 24.0 Å². The van der Waals surface area contributed by atoms with Crippen molar-refractivity contribution in [2.24, 2.45) is 7.05 Å². The Morgan fingerprint density at radius 1 is 1.33 bits per heavy atom. The quantitative estimate of drug-likeness (QED) is 0.794. The first kappa shape index (κ1) is 15.1. The van der Waals surface area contributed by atoms with Crippen LogP contribution in [0.3, 0.4) is 0 Å². The van der Waals surface area contributed by atoms with Gasteiger partial charge in [0.15, 0.2) is 5.82 Å². The van der Waals surface area contributed by atoms with Crippen LogP contribution in [0.15, 0.2) is 36.7 Å². The van der Waals surface area contributed by atoms with Crippen LogP contribution >= 0.6 is 0 Å². The van der Waals surface area contributed by atoms with Gasteiger partial charge >= 0.3 is 0 Å². The Hall–Kier alpha value is -2.30. The van der Waals surface area contributed by atoms with Crippen LogP contribution in [-0.2, 0) is 13.5 Å². The molecule has 21 heavy (non-hydrogen) atoms. The zero-order valence-electron chi connectivity index (χ0n) is 12.5. The summed E-state index contributed by atoms with van der Waals surface area (Å²) in [4.78, 5) is 15.8. The Labute approximate surface area is 125 Å². The van der Waals surface area contributed by atoms with Crippen molar-refractivity contribution >= 4 is 5.91 Å². The molecule has 2 aromatic rings. The highest BCUT2D eigenvalue weighted by molar-refractivity contribution is 5.90. The molecule has 5 heteroatoms. The Bertz CT molecular complexity index is 575. The van der Waals surface area contributed by atoms with Crippen molar-refractivity contribution in [3.63, 3.8) is 0 Å². The molecule has 1 heterocycles. The van der Waals surface area contributed by atoms with Crippen molar-refractivity contribution < 1.29 is 9.53 Å². The summed E-state index contributed by atoms with van der Waals surface area (Å²) in [5, 5.41) is 2.78. The first-order valence-corrected chi connectivity index (χ1v) is 7.18. The third-order valence-corrected chi connectivity index (χ3v) is 3.14. The van der Waals surface area contributed by atoms with Crippen LogP contribution in [0, 0.1) is 0 Å². The molecule has 2 rings (SSSR count). The first-order valence-electron chi connectivity index (χ1n) is 7.18. The molecule has 0 aliphatic rings. The van der Waals surface area contributed by atoms with E-state index in [0.717, 1.165) is 18.6 Å². The molecule has 0 unspecified atom stereocenters. The van der Waals surface area contributed by atoms with Gasteiger partial charge in [-0.1, -0.05) is 25.5 Å². The van der Waals surface area contributed by atoms with Crippen molar-refractivity contribution in [2.75, 3.05) is 13.2 Å². The van der Waals surface area contributed by atoms with E-state index >= 15 is 0 Å². The average molecular weight is 287 g/mol. The molecule has 0 fully saturated rings. The molecule has 1 N–H and O–H groups in total. The number of rotatable bonds is 7. The fraction of sp³-hybridized carbons (Fsp3) is 0.375. The van der Waals surface area contributed by atoms with Crippen LogP contribution in [0.4, 0.5) is 0 Å². The van der Waals surface area contributed by atoms with Gasteiger partial charge in [0.2, 0.25) is 0 Å². The van der Waals surface area contributed by atoms with E-state index in [1.807, 2.05) is 12.1 Å². The monoisotopic (exact) mass is 287 g/mol. The molecule has 0 aliphatic carbocycles. The molecular weight excluding hydrogens is 266 g/mol. The second kappa shape index (κ2) is 7.47. The molecule has 1 amide bonds. The molecule has 5 nitrogen and oxygen atoms in total. The molecule has 0 radical (unpaired) electrons. The number of imidazole rings is 1. The highest BCUT2D eigenvalue weighted by Crippen LogP contribution is 2.13. The first-order chi connectivity index (χ1) is 10.2. The number of nitrogens with zero attached hydrogens (tertiary/aromatic N) is 2.